The van der Waals surface area contributed by atoms with Gasteiger partial charge in [0.05, 0.1) is 13.0 Å². The van der Waals surface area contributed by atoms with Gasteiger partial charge in [0.1, 0.15) is 6.61 Å². The van der Waals surface area contributed by atoms with Gasteiger partial charge < -0.3 is 14.4 Å². The van der Waals surface area contributed by atoms with Gasteiger partial charge in [-0.05, 0) is 0 Å². The second kappa shape index (κ2) is 5.11. The predicted octanol–water partition coefficient (Wildman–Crippen LogP) is -0.118. The first-order valence-electron chi connectivity index (χ1n) is 4.20. The monoisotopic (exact) mass is 173 g/mol. The van der Waals surface area contributed by atoms with Crippen LogP contribution in [0, 0.1) is 0 Å². The van der Waals surface area contributed by atoms with E-state index in [9.17, 15) is 4.79 Å². The second-order valence-electron chi connectivity index (χ2n) is 2.80. The van der Waals surface area contributed by atoms with Gasteiger partial charge in [0.25, 0.3) is 0 Å². The number of ether oxygens (including phenoxy) is 2. The van der Waals surface area contributed by atoms with Crippen molar-refractivity contribution in [2.45, 2.75) is 6.42 Å². The van der Waals surface area contributed by atoms with Crippen LogP contribution in [0.3, 0.4) is 0 Å². The molecule has 0 unspecified atom stereocenters. The van der Waals surface area contributed by atoms with Crippen molar-refractivity contribution in [3.05, 3.63) is 0 Å². The molecule has 12 heavy (non-hydrogen) atoms. The Morgan fingerprint density at radius 3 is 2.75 bits per heavy atom. The zero-order valence-electron chi connectivity index (χ0n) is 7.41. The molecule has 0 atom stereocenters. The average Bonchev–Trinajstić information content (AvgIpc) is 2.84. The highest BCUT2D eigenvalue weighted by Crippen LogP contribution is 2.03. The van der Waals surface area contributed by atoms with Crippen molar-refractivity contribution in [3.63, 3.8) is 0 Å². The number of nitrogens with zero attached hydrogens (tertiary/aromatic N) is 1. The molecule has 0 bridgehead atoms. The third-order valence-electron chi connectivity index (χ3n) is 1.72. The Labute approximate surface area is 72.4 Å². The van der Waals surface area contributed by atoms with Crippen molar-refractivity contribution in [1.29, 1.82) is 0 Å². The van der Waals surface area contributed by atoms with Crippen LogP contribution in [-0.2, 0) is 14.3 Å². The summed E-state index contributed by atoms with van der Waals surface area (Å²) in [4.78, 5) is 13.1. The zero-order valence-corrected chi connectivity index (χ0v) is 7.41. The van der Waals surface area contributed by atoms with Gasteiger partial charge in [0.15, 0.2) is 0 Å². The Morgan fingerprint density at radius 1 is 1.42 bits per heavy atom. The summed E-state index contributed by atoms with van der Waals surface area (Å²) in [5.41, 5.74) is 0. The molecule has 0 aromatic rings. The van der Waals surface area contributed by atoms with Gasteiger partial charge in [0.2, 0.25) is 0 Å². The molecule has 0 saturated carbocycles. The van der Waals surface area contributed by atoms with Gasteiger partial charge in [-0.15, -0.1) is 0 Å². The molecule has 0 radical (unpaired) electrons. The number of esters is 1. The maximum absolute atomic E-state index is 10.9. The van der Waals surface area contributed by atoms with E-state index >= 15 is 0 Å². The lowest BCUT2D eigenvalue weighted by Crippen LogP contribution is -2.13. The minimum Gasteiger partial charge on any atom is -0.463 e. The maximum atomic E-state index is 10.9. The molecular formula is C8H15NO3. The topological polar surface area (TPSA) is 38.5 Å². The van der Waals surface area contributed by atoms with Crippen molar-refractivity contribution in [2.24, 2.45) is 0 Å². The number of hydrogen-bond donors (Lipinski definition) is 0. The van der Waals surface area contributed by atoms with E-state index in [1.165, 1.54) is 0 Å². The van der Waals surface area contributed by atoms with Crippen molar-refractivity contribution < 1.29 is 14.3 Å². The number of hydrogen-bond acceptors (Lipinski definition) is 4. The number of rotatable bonds is 6. The molecule has 1 heterocycles. The molecule has 0 spiro atoms. The molecule has 0 aromatic heterocycles. The highest BCUT2D eigenvalue weighted by atomic mass is 16.6. The summed E-state index contributed by atoms with van der Waals surface area (Å²) in [6, 6.07) is 0. The minimum atomic E-state index is -0.126. The number of methoxy groups -OCH3 is 1. The van der Waals surface area contributed by atoms with Gasteiger partial charge in [0, 0.05) is 26.7 Å². The molecule has 4 heteroatoms. The molecule has 0 N–H and O–H groups in total. The van der Waals surface area contributed by atoms with Crippen LogP contribution in [0.5, 0.6) is 0 Å². The zero-order chi connectivity index (χ0) is 8.81. The molecule has 1 fully saturated rings. The Kier molecular flexibility index (Phi) is 4.04. The summed E-state index contributed by atoms with van der Waals surface area (Å²) >= 11 is 0. The molecule has 70 valence electrons. The highest BCUT2D eigenvalue weighted by molar-refractivity contribution is 5.69. The fourth-order valence-corrected chi connectivity index (χ4v) is 0.855. The third-order valence-corrected chi connectivity index (χ3v) is 1.72. The molecule has 4 nitrogen and oxygen atoms in total. The SMILES string of the molecule is COCCOC(=O)CCN1CC1. The normalized spacial score (nSPS) is 16.1. The van der Waals surface area contributed by atoms with E-state index in [1.807, 2.05) is 0 Å². The number of carbonyl (C=O) groups is 1. The highest BCUT2D eigenvalue weighted by Gasteiger charge is 2.17. The third kappa shape index (κ3) is 4.31. The Morgan fingerprint density at radius 2 is 2.17 bits per heavy atom. The van der Waals surface area contributed by atoms with E-state index in [1.54, 1.807) is 7.11 Å². The van der Waals surface area contributed by atoms with Crippen LogP contribution in [0.4, 0.5) is 0 Å². The molecule has 1 saturated heterocycles. The fourth-order valence-electron chi connectivity index (χ4n) is 0.855. The molecule has 0 amide bonds. The molecule has 0 aromatic carbocycles. The van der Waals surface area contributed by atoms with Crippen LogP contribution in [0.25, 0.3) is 0 Å². The number of carbonyl (C=O) groups excluding carboxylic acids is 1. The lowest BCUT2D eigenvalue weighted by Gasteiger charge is -2.03. The fraction of sp³-hybridized carbons (Fsp3) is 0.875. The van der Waals surface area contributed by atoms with Crippen molar-refractivity contribution >= 4 is 5.97 Å². The first-order chi connectivity index (χ1) is 5.83. The van der Waals surface area contributed by atoms with Crippen LogP contribution in [0.15, 0.2) is 0 Å². The average molecular weight is 173 g/mol. The molecule has 0 aliphatic carbocycles. The summed E-state index contributed by atoms with van der Waals surface area (Å²) < 4.78 is 9.61. The second-order valence-corrected chi connectivity index (χ2v) is 2.80. The smallest absolute Gasteiger partial charge is 0.307 e. The van der Waals surface area contributed by atoms with E-state index in [2.05, 4.69) is 4.90 Å². The largest absolute Gasteiger partial charge is 0.463 e. The van der Waals surface area contributed by atoms with Crippen LogP contribution >= 0.6 is 0 Å². The first-order valence-corrected chi connectivity index (χ1v) is 4.20. The lowest BCUT2D eigenvalue weighted by molar-refractivity contribution is -0.144. The van der Waals surface area contributed by atoms with Crippen LogP contribution in [0.2, 0.25) is 0 Å². The summed E-state index contributed by atoms with van der Waals surface area (Å²) in [5.74, 6) is -0.126. The summed E-state index contributed by atoms with van der Waals surface area (Å²) in [6.07, 6.45) is 0.504. The molecule has 1 rings (SSSR count). The van der Waals surface area contributed by atoms with E-state index in [4.69, 9.17) is 9.47 Å². The van der Waals surface area contributed by atoms with Crippen molar-refractivity contribution in [2.75, 3.05) is 40.0 Å². The van der Waals surface area contributed by atoms with Gasteiger partial charge in [-0.1, -0.05) is 0 Å². The molecule has 1 aliphatic heterocycles. The van der Waals surface area contributed by atoms with Gasteiger partial charge in [-0.3, -0.25) is 4.79 Å². The van der Waals surface area contributed by atoms with Crippen LogP contribution in [0.1, 0.15) is 6.42 Å². The lowest BCUT2D eigenvalue weighted by atomic mass is 10.4. The molecule has 1 aliphatic rings. The summed E-state index contributed by atoms with van der Waals surface area (Å²) in [6.45, 7) is 3.95. The standard InChI is InChI=1S/C8H15NO3/c1-11-6-7-12-8(10)2-3-9-4-5-9/h2-7H2,1H3. The summed E-state index contributed by atoms with van der Waals surface area (Å²) in [5, 5.41) is 0. The summed E-state index contributed by atoms with van der Waals surface area (Å²) in [7, 11) is 1.59. The van der Waals surface area contributed by atoms with Gasteiger partial charge >= 0.3 is 5.97 Å². The first kappa shape index (κ1) is 9.48. The van der Waals surface area contributed by atoms with E-state index in [-0.39, 0.29) is 5.97 Å². The predicted molar refractivity (Wildman–Crippen MR) is 43.9 cm³/mol. The van der Waals surface area contributed by atoms with Gasteiger partial charge in [-0.25, -0.2) is 0 Å². The van der Waals surface area contributed by atoms with Crippen molar-refractivity contribution in [1.82, 2.24) is 4.90 Å². The van der Waals surface area contributed by atoms with Crippen molar-refractivity contribution in [3.8, 4) is 0 Å². The molecular weight excluding hydrogens is 158 g/mol. The minimum absolute atomic E-state index is 0.126. The Hall–Kier alpha value is -0.610. The van der Waals surface area contributed by atoms with E-state index in [0.29, 0.717) is 19.6 Å². The van der Waals surface area contributed by atoms with E-state index in [0.717, 1.165) is 19.6 Å². The quantitative estimate of drug-likeness (QED) is 0.319. The van der Waals surface area contributed by atoms with Crippen LogP contribution < -0.4 is 0 Å². The van der Waals surface area contributed by atoms with E-state index < -0.39 is 0 Å². The van der Waals surface area contributed by atoms with Crippen LogP contribution in [-0.4, -0.2) is 50.8 Å². The van der Waals surface area contributed by atoms with Gasteiger partial charge in [-0.2, -0.15) is 0 Å². The maximum Gasteiger partial charge on any atom is 0.307 e. The Bertz CT molecular complexity index is 145. The Balaban J connectivity index is 1.88.